The third kappa shape index (κ3) is 4.32. The van der Waals surface area contributed by atoms with Gasteiger partial charge in [-0.3, -0.25) is 10.6 Å². The summed E-state index contributed by atoms with van der Waals surface area (Å²) in [5.41, 5.74) is 5.02. The number of amides is 1. The molecule has 0 saturated carbocycles. The highest BCUT2D eigenvalue weighted by molar-refractivity contribution is 5.94. The number of carbonyl (C=O) groups excluding carboxylic acids is 1. The summed E-state index contributed by atoms with van der Waals surface area (Å²) in [4.78, 5) is 16.0. The van der Waals surface area contributed by atoms with Crippen LogP contribution in [-0.2, 0) is 6.54 Å². The fourth-order valence-electron chi connectivity index (χ4n) is 2.11. The lowest BCUT2D eigenvalue weighted by atomic mass is 10.1. The number of imidazole rings is 1. The number of nitrogens with one attached hydrogen (secondary N) is 2. The van der Waals surface area contributed by atoms with Gasteiger partial charge in [-0.15, -0.1) is 0 Å². The minimum atomic E-state index is -0.0516. The van der Waals surface area contributed by atoms with Crippen LogP contribution < -0.4 is 16.6 Å². The molecule has 21 heavy (non-hydrogen) atoms. The number of rotatable bonds is 7. The number of hydrazine groups is 1. The Kier molecular flexibility index (Phi) is 5.34. The molecule has 6 nitrogen and oxygen atoms in total. The van der Waals surface area contributed by atoms with Crippen LogP contribution in [-0.4, -0.2) is 22.0 Å². The first kappa shape index (κ1) is 15.1. The Morgan fingerprint density at radius 3 is 2.90 bits per heavy atom. The summed E-state index contributed by atoms with van der Waals surface area (Å²) in [7, 11) is 0. The minimum absolute atomic E-state index is 0.0516. The van der Waals surface area contributed by atoms with Crippen molar-refractivity contribution in [2.75, 3.05) is 12.0 Å². The second-order valence-electron chi connectivity index (χ2n) is 4.94. The molecular weight excluding hydrogens is 266 g/mol. The van der Waals surface area contributed by atoms with Crippen molar-refractivity contribution in [3.05, 3.63) is 48.0 Å². The number of unbranched alkanes of at least 4 members (excludes halogenated alkanes) is 1. The maximum atomic E-state index is 12.0. The van der Waals surface area contributed by atoms with Gasteiger partial charge in [0.05, 0.1) is 12.0 Å². The Hall–Kier alpha value is -2.34. The summed E-state index contributed by atoms with van der Waals surface area (Å²) >= 11 is 0. The van der Waals surface area contributed by atoms with E-state index in [4.69, 9.17) is 5.84 Å². The van der Waals surface area contributed by atoms with Crippen LogP contribution in [0.15, 0.2) is 36.9 Å². The van der Waals surface area contributed by atoms with Gasteiger partial charge in [-0.1, -0.05) is 0 Å². The number of carbonyl (C=O) groups is 1. The highest BCUT2D eigenvalue weighted by Crippen LogP contribution is 2.15. The second kappa shape index (κ2) is 7.44. The van der Waals surface area contributed by atoms with Crippen LogP contribution in [0.1, 0.15) is 28.8 Å². The van der Waals surface area contributed by atoms with Gasteiger partial charge in [0.1, 0.15) is 0 Å². The molecule has 1 aromatic carbocycles. The molecule has 6 heteroatoms. The minimum Gasteiger partial charge on any atom is -0.352 e. The molecule has 0 saturated heterocycles. The van der Waals surface area contributed by atoms with Crippen LogP contribution >= 0.6 is 0 Å². The molecule has 2 aromatic rings. The third-order valence-corrected chi connectivity index (χ3v) is 3.33. The standard InChI is InChI=1S/C15H21N5O/c1-12-10-13(4-5-14(12)19-16)15(21)18-6-2-3-8-20-9-7-17-11-20/h4-5,7,9-11,19H,2-3,6,8,16H2,1H3,(H,18,21). The molecule has 0 spiro atoms. The smallest absolute Gasteiger partial charge is 0.251 e. The van der Waals surface area contributed by atoms with Crippen molar-refractivity contribution in [3.63, 3.8) is 0 Å². The van der Waals surface area contributed by atoms with Gasteiger partial charge in [-0.2, -0.15) is 0 Å². The molecule has 1 heterocycles. The number of nitrogens with two attached hydrogens (primary N) is 1. The lowest BCUT2D eigenvalue weighted by Gasteiger charge is -2.09. The number of hydrogen-bond acceptors (Lipinski definition) is 4. The normalized spacial score (nSPS) is 10.4. The molecule has 0 radical (unpaired) electrons. The molecular formula is C15H21N5O. The first-order valence-corrected chi connectivity index (χ1v) is 7.02. The maximum absolute atomic E-state index is 12.0. The zero-order chi connectivity index (χ0) is 15.1. The number of nitrogens with zero attached hydrogens (tertiary/aromatic N) is 2. The van der Waals surface area contributed by atoms with E-state index in [0.29, 0.717) is 12.1 Å². The van der Waals surface area contributed by atoms with Crippen molar-refractivity contribution in [2.45, 2.75) is 26.3 Å². The van der Waals surface area contributed by atoms with Crippen molar-refractivity contribution in [1.29, 1.82) is 0 Å². The van der Waals surface area contributed by atoms with Gasteiger partial charge in [0.25, 0.3) is 5.91 Å². The fourth-order valence-corrected chi connectivity index (χ4v) is 2.11. The second-order valence-corrected chi connectivity index (χ2v) is 4.94. The van der Waals surface area contributed by atoms with Crippen molar-refractivity contribution in [3.8, 4) is 0 Å². The average Bonchev–Trinajstić information content (AvgIpc) is 3.00. The largest absolute Gasteiger partial charge is 0.352 e. The van der Waals surface area contributed by atoms with Gasteiger partial charge in [-0.25, -0.2) is 4.98 Å². The lowest BCUT2D eigenvalue weighted by Crippen LogP contribution is -2.24. The van der Waals surface area contributed by atoms with E-state index in [-0.39, 0.29) is 5.91 Å². The topological polar surface area (TPSA) is 85.0 Å². The van der Waals surface area contributed by atoms with Gasteiger partial charge >= 0.3 is 0 Å². The van der Waals surface area contributed by atoms with E-state index in [1.807, 2.05) is 29.8 Å². The van der Waals surface area contributed by atoms with Gasteiger partial charge in [0.15, 0.2) is 0 Å². The first-order chi connectivity index (χ1) is 10.2. The van der Waals surface area contributed by atoms with Crippen molar-refractivity contribution in [2.24, 2.45) is 5.84 Å². The summed E-state index contributed by atoms with van der Waals surface area (Å²) in [5.74, 6) is 5.32. The summed E-state index contributed by atoms with van der Waals surface area (Å²) in [6.45, 7) is 3.51. The molecule has 4 N–H and O–H groups in total. The van der Waals surface area contributed by atoms with E-state index in [1.165, 1.54) is 0 Å². The van der Waals surface area contributed by atoms with Crippen LogP contribution in [0.2, 0.25) is 0 Å². The fraction of sp³-hybridized carbons (Fsp3) is 0.333. The molecule has 1 amide bonds. The Morgan fingerprint density at radius 2 is 2.24 bits per heavy atom. The summed E-state index contributed by atoms with van der Waals surface area (Å²) in [6, 6.07) is 5.41. The summed E-state index contributed by atoms with van der Waals surface area (Å²) in [6.07, 6.45) is 7.45. The van der Waals surface area contributed by atoms with Crippen molar-refractivity contribution in [1.82, 2.24) is 14.9 Å². The molecule has 0 bridgehead atoms. The van der Waals surface area contributed by atoms with E-state index in [0.717, 1.165) is 30.6 Å². The van der Waals surface area contributed by atoms with Gasteiger partial charge in [0, 0.05) is 31.0 Å². The van der Waals surface area contributed by atoms with Gasteiger partial charge in [-0.05, 0) is 43.5 Å². The van der Waals surface area contributed by atoms with Crippen LogP contribution in [0.25, 0.3) is 0 Å². The van der Waals surface area contributed by atoms with Crippen LogP contribution in [0.4, 0.5) is 5.69 Å². The summed E-state index contributed by atoms with van der Waals surface area (Å²) in [5, 5.41) is 2.93. The number of nitrogen functional groups attached to an aromatic ring is 1. The van der Waals surface area contributed by atoms with E-state index in [2.05, 4.69) is 15.7 Å². The highest BCUT2D eigenvalue weighted by atomic mass is 16.1. The molecule has 112 valence electrons. The van der Waals surface area contributed by atoms with Crippen LogP contribution in [0.5, 0.6) is 0 Å². The quantitative estimate of drug-likeness (QED) is 0.411. The zero-order valence-electron chi connectivity index (χ0n) is 12.2. The Balaban J connectivity index is 1.73. The first-order valence-electron chi connectivity index (χ1n) is 7.02. The van der Waals surface area contributed by atoms with E-state index < -0.39 is 0 Å². The molecule has 0 aliphatic rings. The Bertz CT molecular complexity index is 580. The molecule has 0 aliphatic heterocycles. The molecule has 0 unspecified atom stereocenters. The predicted octanol–water partition coefficient (Wildman–Crippen LogP) is 1.69. The van der Waals surface area contributed by atoms with Crippen LogP contribution in [0.3, 0.4) is 0 Å². The van der Waals surface area contributed by atoms with Gasteiger partial charge in [0.2, 0.25) is 0 Å². The number of benzene rings is 1. The lowest BCUT2D eigenvalue weighted by molar-refractivity contribution is 0.0953. The monoisotopic (exact) mass is 287 g/mol. The number of anilines is 1. The van der Waals surface area contributed by atoms with E-state index in [9.17, 15) is 4.79 Å². The van der Waals surface area contributed by atoms with Gasteiger partial charge < -0.3 is 15.3 Å². The SMILES string of the molecule is Cc1cc(C(=O)NCCCCn2ccnc2)ccc1NN. The van der Waals surface area contributed by atoms with E-state index >= 15 is 0 Å². The summed E-state index contributed by atoms with van der Waals surface area (Å²) < 4.78 is 2.03. The molecule has 0 atom stereocenters. The maximum Gasteiger partial charge on any atom is 0.251 e. The molecule has 1 aromatic heterocycles. The average molecular weight is 287 g/mol. The molecule has 0 fully saturated rings. The van der Waals surface area contributed by atoms with Crippen molar-refractivity contribution >= 4 is 11.6 Å². The predicted molar refractivity (Wildman–Crippen MR) is 82.8 cm³/mol. The number of aromatic nitrogens is 2. The Morgan fingerprint density at radius 1 is 1.38 bits per heavy atom. The third-order valence-electron chi connectivity index (χ3n) is 3.33. The number of hydrogen-bond donors (Lipinski definition) is 3. The van der Waals surface area contributed by atoms with Crippen molar-refractivity contribution < 1.29 is 4.79 Å². The van der Waals surface area contributed by atoms with E-state index in [1.54, 1.807) is 18.6 Å². The molecule has 0 aliphatic carbocycles. The highest BCUT2D eigenvalue weighted by Gasteiger charge is 2.06. The molecule has 2 rings (SSSR count). The Labute approximate surface area is 124 Å². The van der Waals surface area contributed by atoms with Crippen LogP contribution in [0, 0.1) is 6.92 Å². The zero-order valence-corrected chi connectivity index (χ0v) is 12.2. The number of aryl methyl sites for hydroxylation is 2.